The van der Waals surface area contributed by atoms with Crippen molar-refractivity contribution in [1.82, 2.24) is 9.66 Å². The van der Waals surface area contributed by atoms with Crippen LogP contribution in [-0.4, -0.2) is 31.9 Å². The number of carboxylic acid groups (broad SMARTS) is 1. The second-order valence-electron chi connectivity index (χ2n) is 9.58. The summed E-state index contributed by atoms with van der Waals surface area (Å²) in [7, 11) is 0. The maximum absolute atomic E-state index is 13.4. The van der Waals surface area contributed by atoms with Gasteiger partial charge in [0.2, 0.25) is 5.75 Å². The van der Waals surface area contributed by atoms with Gasteiger partial charge in [-0.15, -0.1) is 0 Å². The average Bonchev–Trinajstić information content (AvgIpc) is 2.96. The Morgan fingerprint density at radius 2 is 1.88 bits per heavy atom. The number of nitrogens with zero attached hydrogens (tertiary/aromatic N) is 4. The fourth-order valence-corrected chi connectivity index (χ4v) is 5.44. The normalized spacial score (nSPS) is 14.0. The van der Waals surface area contributed by atoms with Gasteiger partial charge in [0.1, 0.15) is 12.4 Å². The standard InChI is InChI=1S/C29H25BrN4O6/c30-23-14-19(15-25(34(38)39)26(23)40-17-18-10-12-21(13-11-18)29(36)37)16-31-33-27(20-6-2-1-3-7-20)32-24-9-5-4-8-22(24)28(33)35/h4-5,8-16,20H,1-3,6-7,17H2,(H,36,37). The highest BCUT2D eigenvalue weighted by Crippen LogP contribution is 2.37. The van der Waals surface area contributed by atoms with Crippen LogP contribution >= 0.6 is 15.9 Å². The van der Waals surface area contributed by atoms with Crippen molar-refractivity contribution in [2.45, 2.75) is 44.6 Å². The molecule has 0 atom stereocenters. The summed E-state index contributed by atoms with van der Waals surface area (Å²) < 4.78 is 7.41. The predicted octanol–water partition coefficient (Wildman–Crippen LogP) is 6.27. The Morgan fingerprint density at radius 1 is 1.15 bits per heavy atom. The number of hydrogen-bond acceptors (Lipinski definition) is 7. The van der Waals surface area contributed by atoms with E-state index in [9.17, 15) is 19.7 Å². The van der Waals surface area contributed by atoms with Crippen LogP contribution in [-0.2, 0) is 6.61 Å². The molecule has 1 fully saturated rings. The van der Waals surface area contributed by atoms with Gasteiger partial charge in [0.25, 0.3) is 5.56 Å². The van der Waals surface area contributed by atoms with E-state index in [0.717, 1.165) is 32.1 Å². The molecule has 0 radical (unpaired) electrons. The number of carbonyl (C=O) groups is 1. The molecule has 11 heteroatoms. The van der Waals surface area contributed by atoms with Gasteiger partial charge in [-0.25, -0.2) is 9.78 Å². The summed E-state index contributed by atoms with van der Waals surface area (Å²) in [5.41, 5.74) is 1.23. The molecule has 40 heavy (non-hydrogen) atoms. The summed E-state index contributed by atoms with van der Waals surface area (Å²) in [6, 6.07) is 16.2. The first-order chi connectivity index (χ1) is 19.3. The number of nitro groups is 1. The van der Waals surface area contributed by atoms with Gasteiger partial charge in [-0.3, -0.25) is 14.9 Å². The van der Waals surface area contributed by atoms with Crippen molar-refractivity contribution >= 4 is 44.7 Å². The smallest absolute Gasteiger partial charge is 0.335 e. The molecule has 0 aliphatic heterocycles. The van der Waals surface area contributed by atoms with Gasteiger partial charge in [0.05, 0.1) is 32.1 Å². The lowest BCUT2D eigenvalue weighted by Crippen LogP contribution is -2.25. The van der Waals surface area contributed by atoms with Crippen molar-refractivity contribution in [3.05, 3.63) is 108 Å². The van der Waals surface area contributed by atoms with E-state index < -0.39 is 10.9 Å². The molecule has 0 spiro atoms. The Kier molecular flexibility index (Phi) is 8.01. The minimum absolute atomic E-state index is 0.00429. The molecule has 204 valence electrons. The van der Waals surface area contributed by atoms with E-state index >= 15 is 0 Å². The van der Waals surface area contributed by atoms with Crippen molar-refractivity contribution in [3.8, 4) is 5.75 Å². The van der Waals surface area contributed by atoms with E-state index in [0.29, 0.717) is 32.3 Å². The van der Waals surface area contributed by atoms with E-state index in [2.05, 4.69) is 21.0 Å². The zero-order valence-electron chi connectivity index (χ0n) is 21.3. The van der Waals surface area contributed by atoms with Crippen molar-refractivity contribution in [3.63, 3.8) is 0 Å². The number of benzene rings is 3. The number of aromatic carboxylic acids is 1. The lowest BCUT2D eigenvalue weighted by atomic mass is 9.88. The highest BCUT2D eigenvalue weighted by molar-refractivity contribution is 9.10. The summed E-state index contributed by atoms with van der Waals surface area (Å²) in [6.07, 6.45) is 6.52. The number of hydrogen-bond donors (Lipinski definition) is 1. The van der Waals surface area contributed by atoms with Crippen molar-refractivity contribution in [2.24, 2.45) is 5.10 Å². The number of halogens is 1. The molecule has 1 aliphatic rings. The third-order valence-electron chi connectivity index (χ3n) is 6.90. The number of para-hydroxylation sites is 1. The molecular weight excluding hydrogens is 580 g/mol. The molecule has 1 aliphatic carbocycles. The van der Waals surface area contributed by atoms with Crippen LogP contribution in [0.15, 0.2) is 75.0 Å². The van der Waals surface area contributed by atoms with Crippen LogP contribution in [0.4, 0.5) is 5.69 Å². The maximum Gasteiger partial charge on any atom is 0.335 e. The molecule has 1 saturated carbocycles. The third-order valence-corrected chi connectivity index (χ3v) is 7.49. The van der Waals surface area contributed by atoms with Crippen LogP contribution in [0.5, 0.6) is 5.75 Å². The van der Waals surface area contributed by atoms with Gasteiger partial charge in [-0.2, -0.15) is 9.78 Å². The number of carboxylic acids is 1. The number of rotatable bonds is 8. The maximum atomic E-state index is 13.4. The van der Waals surface area contributed by atoms with E-state index in [1.165, 1.54) is 29.1 Å². The van der Waals surface area contributed by atoms with Gasteiger partial charge in [0.15, 0.2) is 0 Å². The first kappa shape index (κ1) is 27.2. The third kappa shape index (κ3) is 5.79. The Balaban J connectivity index is 1.47. The predicted molar refractivity (Wildman–Crippen MR) is 153 cm³/mol. The average molecular weight is 605 g/mol. The first-order valence-corrected chi connectivity index (χ1v) is 13.6. The SMILES string of the molecule is O=C(O)c1ccc(COc2c(Br)cc(C=Nn3c(C4CCCCC4)nc4ccccc4c3=O)cc2[N+](=O)[O-])cc1. The zero-order valence-corrected chi connectivity index (χ0v) is 22.9. The molecule has 1 aromatic heterocycles. The van der Waals surface area contributed by atoms with Crippen LogP contribution in [0.1, 0.15) is 65.3 Å². The van der Waals surface area contributed by atoms with E-state index in [1.807, 2.05) is 12.1 Å². The summed E-state index contributed by atoms with van der Waals surface area (Å²) in [5, 5.41) is 25.9. The van der Waals surface area contributed by atoms with Gasteiger partial charge < -0.3 is 9.84 Å². The van der Waals surface area contributed by atoms with E-state index in [-0.39, 0.29) is 35.1 Å². The summed E-state index contributed by atoms with van der Waals surface area (Å²) in [5.74, 6) is -0.320. The number of nitro benzene ring substituents is 1. The number of aromatic nitrogens is 2. The number of fused-ring (bicyclic) bond motifs is 1. The Labute approximate surface area is 237 Å². The van der Waals surface area contributed by atoms with Crippen molar-refractivity contribution < 1.29 is 19.6 Å². The minimum Gasteiger partial charge on any atom is -0.481 e. The Bertz CT molecular complexity index is 1680. The summed E-state index contributed by atoms with van der Waals surface area (Å²) >= 11 is 3.37. The molecule has 0 bridgehead atoms. The summed E-state index contributed by atoms with van der Waals surface area (Å²) in [4.78, 5) is 40.7. The second-order valence-corrected chi connectivity index (χ2v) is 10.4. The molecular formula is C29H25BrN4O6. The fraction of sp³-hybridized carbons (Fsp3) is 0.241. The van der Waals surface area contributed by atoms with Crippen LogP contribution < -0.4 is 10.3 Å². The fourth-order valence-electron chi connectivity index (χ4n) is 4.85. The van der Waals surface area contributed by atoms with Crippen molar-refractivity contribution in [2.75, 3.05) is 0 Å². The molecule has 0 saturated heterocycles. The molecule has 3 aromatic carbocycles. The van der Waals surface area contributed by atoms with Crippen LogP contribution in [0.2, 0.25) is 0 Å². The lowest BCUT2D eigenvalue weighted by molar-refractivity contribution is -0.386. The molecule has 10 nitrogen and oxygen atoms in total. The molecule has 1 N–H and O–H groups in total. The molecule has 5 rings (SSSR count). The molecule has 0 unspecified atom stereocenters. The van der Waals surface area contributed by atoms with Crippen molar-refractivity contribution in [1.29, 1.82) is 0 Å². The van der Waals surface area contributed by atoms with Gasteiger partial charge in [-0.05, 0) is 64.7 Å². The topological polar surface area (TPSA) is 137 Å². The van der Waals surface area contributed by atoms with Gasteiger partial charge in [0, 0.05) is 17.5 Å². The van der Waals surface area contributed by atoms with E-state index in [4.69, 9.17) is 14.8 Å². The van der Waals surface area contributed by atoms with Crippen LogP contribution in [0.25, 0.3) is 10.9 Å². The summed E-state index contributed by atoms with van der Waals surface area (Å²) in [6.45, 7) is -0.00429. The second kappa shape index (κ2) is 11.8. The zero-order chi connectivity index (χ0) is 28.2. The lowest BCUT2D eigenvalue weighted by Gasteiger charge is -2.22. The largest absolute Gasteiger partial charge is 0.481 e. The van der Waals surface area contributed by atoms with Crippen LogP contribution in [0.3, 0.4) is 0 Å². The minimum atomic E-state index is -1.05. The van der Waals surface area contributed by atoms with Gasteiger partial charge >= 0.3 is 11.7 Å². The monoisotopic (exact) mass is 604 g/mol. The first-order valence-electron chi connectivity index (χ1n) is 12.8. The quantitative estimate of drug-likeness (QED) is 0.142. The van der Waals surface area contributed by atoms with Gasteiger partial charge in [-0.1, -0.05) is 43.5 Å². The molecule has 1 heterocycles. The van der Waals surface area contributed by atoms with Crippen LogP contribution in [0, 0.1) is 10.1 Å². The Hall–Kier alpha value is -4.38. The number of ether oxygens (including phenoxy) is 1. The molecule has 4 aromatic rings. The Morgan fingerprint density at radius 3 is 2.58 bits per heavy atom. The molecule has 0 amide bonds. The van der Waals surface area contributed by atoms with E-state index in [1.54, 1.807) is 30.3 Å². The highest BCUT2D eigenvalue weighted by Gasteiger charge is 2.23. The highest BCUT2D eigenvalue weighted by atomic mass is 79.9.